The molecule has 0 spiro atoms. The smallest absolute Gasteiger partial charge is 0.264 e. The zero-order valence-corrected chi connectivity index (χ0v) is 20.9. The van der Waals surface area contributed by atoms with Crippen LogP contribution in [0.15, 0.2) is 78.2 Å². The SMILES string of the molecule is Cc1ccc2c(Cl)cc(Cl)c(OCC(=O)Nc3nc(-c4ccc(-c5ccccc5)cc4)cs3)c2n1. The van der Waals surface area contributed by atoms with Crippen molar-refractivity contribution in [2.24, 2.45) is 0 Å². The summed E-state index contributed by atoms with van der Waals surface area (Å²) in [5.74, 6) is -0.0274. The number of benzene rings is 3. The van der Waals surface area contributed by atoms with Crippen LogP contribution in [0.5, 0.6) is 5.75 Å². The van der Waals surface area contributed by atoms with E-state index in [9.17, 15) is 4.79 Å². The van der Waals surface area contributed by atoms with Crippen LogP contribution in [0.4, 0.5) is 5.13 Å². The van der Waals surface area contributed by atoms with E-state index >= 15 is 0 Å². The summed E-state index contributed by atoms with van der Waals surface area (Å²) < 4.78 is 5.75. The number of hydrogen-bond acceptors (Lipinski definition) is 5. The van der Waals surface area contributed by atoms with Crippen LogP contribution in [0, 0.1) is 6.92 Å². The first-order chi connectivity index (χ1) is 17.0. The Morgan fingerprint density at radius 3 is 2.40 bits per heavy atom. The molecule has 1 amide bonds. The number of fused-ring (bicyclic) bond motifs is 1. The van der Waals surface area contributed by atoms with E-state index in [-0.39, 0.29) is 12.5 Å². The Hall–Kier alpha value is -3.45. The summed E-state index contributed by atoms with van der Waals surface area (Å²) in [6.45, 7) is 1.62. The minimum atomic E-state index is -0.350. The van der Waals surface area contributed by atoms with Gasteiger partial charge in [-0.3, -0.25) is 10.1 Å². The third-order valence-electron chi connectivity index (χ3n) is 5.36. The minimum absolute atomic E-state index is 0.243. The largest absolute Gasteiger partial charge is 0.480 e. The van der Waals surface area contributed by atoms with Crippen molar-refractivity contribution in [3.05, 3.63) is 93.9 Å². The molecule has 0 aliphatic heterocycles. The Bertz CT molecular complexity index is 1520. The summed E-state index contributed by atoms with van der Waals surface area (Å²) in [6.07, 6.45) is 0. The Labute approximate surface area is 216 Å². The van der Waals surface area contributed by atoms with E-state index in [1.807, 2.05) is 54.8 Å². The molecule has 0 saturated carbocycles. The van der Waals surface area contributed by atoms with Crippen molar-refractivity contribution >= 4 is 56.5 Å². The molecule has 0 bridgehead atoms. The molecule has 1 N–H and O–H groups in total. The van der Waals surface area contributed by atoms with Gasteiger partial charge in [-0.15, -0.1) is 11.3 Å². The molecule has 8 heteroatoms. The predicted molar refractivity (Wildman–Crippen MR) is 144 cm³/mol. The second-order valence-corrected chi connectivity index (χ2v) is 9.51. The van der Waals surface area contributed by atoms with E-state index < -0.39 is 0 Å². The van der Waals surface area contributed by atoms with E-state index in [1.54, 1.807) is 6.07 Å². The van der Waals surface area contributed by atoms with Gasteiger partial charge < -0.3 is 4.74 Å². The van der Waals surface area contributed by atoms with Gasteiger partial charge >= 0.3 is 0 Å². The maximum absolute atomic E-state index is 12.6. The van der Waals surface area contributed by atoms with E-state index in [0.29, 0.717) is 31.8 Å². The van der Waals surface area contributed by atoms with Crippen LogP contribution in [-0.2, 0) is 4.79 Å². The zero-order chi connectivity index (χ0) is 24.4. The first-order valence-electron chi connectivity index (χ1n) is 10.8. The molecule has 0 atom stereocenters. The van der Waals surface area contributed by atoms with Gasteiger partial charge in [0.25, 0.3) is 5.91 Å². The number of amides is 1. The molecule has 0 aliphatic carbocycles. The number of hydrogen-bond donors (Lipinski definition) is 1. The number of pyridine rings is 1. The number of carbonyl (C=O) groups is 1. The fourth-order valence-electron chi connectivity index (χ4n) is 3.65. The minimum Gasteiger partial charge on any atom is -0.480 e. The fraction of sp³-hybridized carbons (Fsp3) is 0.0741. The number of carbonyl (C=O) groups excluding carboxylic acids is 1. The summed E-state index contributed by atoms with van der Waals surface area (Å²) in [7, 11) is 0. The standard InChI is InChI=1S/C27H19Cl2N3O2S/c1-16-7-12-20-21(28)13-22(29)26(25(20)30-16)34-14-24(33)32-27-31-23(15-35-27)19-10-8-18(9-11-19)17-5-3-2-4-6-17/h2-13,15H,14H2,1H3,(H,31,32,33). The molecule has 0 fully saturated rings. The van der Waals surface area contributed by atoms with Crippen LogP contribution >= 0.6 is 34.5 Å². The average molecular weight is 520 g/mol. The van der Waals surface area contributed by atoms with Gasteiger partial charge in [0.1, 0.15) is 5.52 Å². The second kappa shape index (κ2) is 10.0. The first kappa shape index (κ1) is 23.3. The van der Waals surface area contributed by atoms with Gasteiger partial charge in [0.15, 0.2) is 17.5 Å². The van der Waals surface area contributed by atoms with Crippen molar-refractivity contribution in [2.75, 3.05) is 11.9 Å². The molecule has 0 radical (unpaired) electrons. The highest BCUT2D eigenvalue weighted by Gasteiger charge is 2.16. The lowest BCUT2D eigenvalue weighted by molar-refractivity contribution is -0.118. The van der Waals surface area contributed by atoms with Crippen LogP contribution in [0.1, 0.15) is 5.69 Å². The molecule has 174 valence electrons. The summed E-state index contributed by atoms with van der Waals surface area (Å²) >= 11 is 14.0. The lowest BCUT2D eigenvalue weighted by Gasteiger charge is -2.12. The van der Waals surface area contributed by atoms with E-state index in [0.717, 1.165) is 28.1 Å². The maximum Gasteiger partial charge on any atom is 0.264 e. The van der Waals surface area contributed by atoms with Gasteiger partial charge in [-0.1, -0.05) is 77.8 Å². The lowest BCUT2D eigenvalue weighted by atomic mass is 10.0. The molecule has 2 heterocycles. The quantitative estimate of drug-likeness (QED) is 0.250. The third-order valence-corrected chi connectivity index (χ3v) is 6.71. The molecule has 0 aliphatic rings. The number of ether oxygens (including phenoxy) is 1. The summed E-state index contributed by atoms with van der Waals surface area (Å²) in [4.78, 5) is 21.6. The van der Waals surface area contributed by atoms with Crippen molar-refractivity contribution < 1.29 is 9.53 Å². The third kappa shape index (κ3) is 5.15. The number of aromatic nitrogens is 2. The topological polar surface area (TPSA) is 64.1 Å². The van der Waals surface area contributed by atoms with Crippen LogP contribution in [0.25, 0.3) is 33.3 Å². The number of nitrogens with one attached hydrogen (secondary N) is 1. The Balaban J connectivity index is 1.26. The summed E-state index contributed by atoms with van der Waals surface area (Å²) in [5.41, 5.74) is 5.36. The average Bonchev–Trinajstić information content (AvgIpc) is 3.32. The zero-order valence-electron chi connectivity index (χ0n) is 18.6. The molecule has 5 rings (SSSR count). The van der Waals surface area contributed by atoms with Gasteiger partial charge in [-0.05, 0) is 36.2 Å². The number of anilines is 1. The predicted octanol–water partition coefficient (Wildman–Crippen LogP) is 7.66. The van der Waals surface area contributed by atoms with Crippen LogP contribution in [0.3, 0.4) is 0 Å². The van der Waals surface area contributed by atoms with Gasteiger partial charge in [-0.2, -0.15) is 0 Å². The van der Waals surface area contributed by atoms with Crippen molar-refractivity contribution in [3.63, 3.8) is 0 Å². The summed E-state index contributed by atoms with van der Waals surface area (Å²) in [6, 6.07) is 23.6. The second-order valence-electron chi connectivity index (χ2n) is 7.84. The molecule has 5 aromatic rings. The van der Waals surface area contributed by atoms with Gasteiger partial charge in [0.05, 0.1) is 15.7 Å². The van der Waals surface area contributed by atoms with Gasteiger partial charge in [0, 0.05) is 22.0 Å². The number of halogens is 2. The number of thiazole rings is 1. The van der Waals surface area contributed by atoms with Crippen LogP contribution < -0.4 is 10.1 Å². The highest BCUT2D eigenvalue weighted by Crippen LogP contribution is 2.37. The van der Waals surface area contributed by atoms with Gasteiger partial charge in [0.2, 0.25) is 0 Å². The molecule has 2 aromatic heterocycles. The number of nitrogens with zero attached hydrogens (tertiary/aromatic N) is 2. The Morgan fingerprint density at radius 1 is 0.914 bits per heavy atom. The molecular weight excluding hydrogens is 501 g/mol. The van der Waals surface area contributed by atoms with Crippen LogP contribution in [0.2, 0.25) is 10.0 Å². The van der Waals surface area contributed by atoms with E-state index in [4.69, 9.17) is 27.9 Å². The monoisotopic (exact) mass is 519 g/mol. The molecular formula is C27H19Cl2N3O2S. The number of aryl methyl sites for hydroxylation is 1. The molecule has 35 heavy (non-hydrogen) atoms. The Kier molecular flexibility index (Phi) is 6.68. The molecule has 3 aromatic carbocycles. The first-order valence-corrected chi connectivity index (χ1v) is 12.4. The summed E-state index contributed by atoms with van der Waals surface area (Å²) in [5, 5.41) is 6.66. The molecule has 0 unspecified atom stereocenters. The highest BCUT2D eigenvalue weighted by molar-refractivity contribution is 7.14. The van der Waals surface area contributed by atoms with E-state index in [2.05, 4.69) is 39.6 Å². The van der Waals surface area contributed by atoms with Crippen molar-refractivity contribution in [1.82, 2.24) is 9.97 Å². The van der Waals surface area contributed by atoms with Crippen molar-refractivity contribution in [1.29, 1.82) is 0 Å². The van der Waals surface area contributed by atoms with Crippen molar-refractivity contribution in [3.8, 4) is 28.1 Å². The molecule has 0 saturated heterocycles. The van der Waals surface area contributed by atoms with Gasteiger partial charge in [-0.25, -0.2) is 9.97 Å². The van der Waals surface area contributed by atoms with E-state index in [1.165, 1.54) is 11.3 Å². The highest BCUT2D eigenvalue weighted by atomic mass is 35.5. The normalized spacial score (nSPS) is 10.9. The van der Waals surface area contributed by atoms with Crippen molar-refractivity contribution in [2.45, 2.75) is 6.92 Å². The maximum atomic E-state index is 12.6. The lowest BCUT2D eigenvalue weighted by Crippen LogP contribution is -2.20. The number of rotatable bonds is 6. The molecule has 5 nitrogen and oxygen atoms in total. The fourth-order valence-corrected chi connectivity index (χ4v) is 4.95. The van der Waals surface area contributed by atoms with Crippen LogP contribution in [-0.4, -0.2) is 22.5 Å². The Morgan fingerprint density at radius 2 is 1.63 bits per heavy atom.